The molecule has 0 saturated heterocycles. The number of amides is 1. The molecule has 0 aliphatic heterocycles. The molecule has 1 aliphatic carbocycles. The Morgan fingerprint density at radius 3 is 2.45 bits per heavy atom. The minimum atomic E-state index is -4.85. The van der Waals surface area contributed by atoms with E-state index >= 15 is 0 Å². The van der Waals surface area contributed by atoms with Crippen molar-refractivity contribution in [3.8, 4) is 11.5 Å². The van der Waals surface area contributed by atoms with Crippen molar-refractivity contribution in [3.63, 3.8) is 0 Å². The molecule has 1 aliphatic rings. The van der Waals surface area contributed by atoms with Crippen LogP contribution in [-0.2, 0) is 22.4 Å². The number of anilines is 1. The minimum Gasteiger partial charge on any atom is -0.324 e. The second-order valence-corrected chi connectivity index (χ2v) is 10.1. The Labute approximate surface area is 232 Å². The third kappa shape index (κ3) is 4.52. The maximum Gasteiger partial charge on any atom is 0.418 e. The van der Waals surface area contributed by atoms with Crippen LogP contribution < -0.4 is 5.32 Å². The first kappa shape index (κ1) is 27.3. The van der Waals surface area contributed by atoms with Crippen LogP contribution >= 0.6 is 0 Å². The molecule has 16 heteroatoms. The molecule has 5 heterocycles. The number of pyridine rings is 1. The Morgan fingerprint density at radius 1 is 1.05 bits per heavy atom. The molecule has 0 bridgehead atoms. The van der Waals surface area contributed by atoms with Crippen molar-refractivity contribution in [1.82, 2.24) is 39.3 Å². The van der Waals surface area contributed by atoms with Gasteiger partial charge in [-0.2, -0.15) is 31.4 Å². The van der Waals surface area contributed by atoms with Crippen molar-refractivity contribution in [2.75, 3.05) is 5.32 Å². The Hall–Kier alpha value is -4.89. The lowest BCUT2D eigenvalue weighted by Gasteiger charge is -2.24. The number of hydrogen-bond acceptors (Lipinski definition) is 7. The molecule has 5 aromatic heterocycles. The number of carbonyl (C=O) groups excluding carboxylic acids is 1. The number of halogens is 6. The van der Waals surface area contributed by atoms with Crippen LogP contribution in [0, 0.1) is 5.95 Å². The molecule has 0 spiro atoms. The standard InChI is InChI=1S/C26H19F6N9O/c1-24(17-4-7-40(38-17)25(2,28)29)10-14(15-12-35-19-9-18(27)39-41(19)21(15)24)23(42)37-13-8-16(26(30,31)32)20(36-11-13)22-33-5-3-6-34-22/h3-9,11-12,14H,10H2,1-2H3,(H,37,42). The highest BCUT2D eigenvalue weighted by Gasteiger charge is 2.49. The maximum atomic E-state index is 14.2. The molecule has 10 nitrogen and oxygen atoms in total. The highest BCUT2D eigenvalue weighted by Crippen LogP contribution is 2.50. The van der Waals surface area contributed by atoms with Crippen LogP contribution in [0.2, 0.25) is 0 Å². The fourth-order valence-electron chi connectivity index (χ4n) is 5.22. The first-order valence-electron chi connectivity index (χ1n) is 12.4. The number of hydrogen-bond donors (Lipinski definition) is 1. The highest BCUT2D eigenvalue weighted by molar-refractivity contribution is 5.97. The summed E-state index contributed by atoms with van der Waals surface area (Å²) >= 11 is 0. The van der Waals surface area contributed by atoms with E-state index in [4.69, 9.17) is 0 Å². The Morgan fingerprint density at radius 2 is 1.79 bits per heavy atom. The normalized spacial score (nSPS) is 18.8. The third-order valence-electron chi connectivity index (χ3n) is 7.10. The van der Waals surface area contributed by atoms with Gasteiger partial charge >= 0.3 is 12.2 Å². The Balaban J connectivity index is 1.40. The summed E-state index contributed by atoms with van der Waals surface area (Å²) in [5.74, 6) is -2.88. The van der Waals surface area contributed by atoms with Gasteiger partial charge in [0.05, 0.1) is 40.2 Å². The Bertz CT molecular complexity index is 1830. The number of nitrogens with zero attached hydrogens (tertiary/aromatic N) is 8. The van der Waals surface area contributed by atoms with Crippen LogP contribution in [0.3, 0.4) is 0 Å². The van der Waals surface area contributed by atoms with E-state index in [9.17, 15) is 31.1 Å². The van der Waals surface area contributed by atoms with Crippen molar-refractivity contribution >= 4 is 17.2 Å². The summed E-state index contributed by atoms with van der Waals surface area (Å²) in [5.41, 5.74) is -2.35. The molecule has 6 rings (SSSR count). The molecule has 0 fully saturated rings. The average molecular weight is 587 g/mol. The lowest BCUT2D eigenvalue weighted by atomic mass is 9.82. The van der Waals surface area contributed by atoms with Crippen LogP contribution in [-0.4, -0.2) is 45.2 Å². The second-order valence-electron chi connectivity index (χ2n) is 10.1. The van der Waals surface area contributed by atoms with Gasteiger partial charge in [0.15, 0.2) is 11.5 Å². The lowest BCUT2D eigenvalue weighted by Crippen LogP contribution is -2.27. The van der Waals surface area contributed by atoms with Gasteiger partial charge in [0, 0.05) is 43.3 Å². The van der Waals surface area contributed by atoms with Gasteiger partial charge in [-0.05, 0) is 31.5 Å². The van der Waals surface area contributed by atoms with Gasteiger partial charge in [0.25, 0.3) is 0 Å². The predicted molar refractivity (Wildman–Crippen MR) is 134 cm³/mol. The summed E-state index contributed by atoms with van der Waals surface area (Å²) in [5, 5.41) is 10.3. The van der Waals surface area contributed by atoms with E-state index in [1.165, 1.54) is 35.2 Å². The van der Waals surface area contributed by atoms with Crippen molar-refractivity contribution in [1.29, 1.82) is 0 Å². The van der Waals surface area contributed by atoms with Gasteiger partial charge in [-0.25, -0.2) is 24.1 Å². The predicted octanol–water partition coefficient (Wildman–Crippen LogP) is 4.94. The molecule has 2 unspecified atom stereocenters. The molecule has 5 aromatic rings. The highest BCUT2D eigenvalue weighted by atomic mass is 19.4. The first-order valence-corrected chi connectivity index (χ1v) is 12.4. The van der Waals surface area contributed by atoms with E-state index in [0.29, 0.717) is 11.6 Å². The third-order valence-corrected chi connectivity index (χ3v) is 7.10. The van der Waals surface area contributed by atoms with Gasteiger partial charge in [-0.3, -0.25) is 9.78 Å². The molecule has 1 N–H and O–H groups in total. The van der Waals surface area contributed by atoms with E-state index in [0.717, 1.165) is 24.5 Å². The molecule has 42 heavy (non-hydrogen) atoms. The zero-order valence-corrected chi connectivity index (χ0v) is 21.7. The SMILES string of the molecule is CC1(c2ccn(C(C)(F)F)n2)CC(C(=O)Nc2cnc(-c3ncccn3)c(C(F)(F)F)c2)c2cnc3cc(F)nn3c21. The molecular weight excluding hydrogens is 568 g/mol. The first-order chi connectivity index (χ1) is 19.8. The molecule has 0 saturated carbocycles. The second kappa shape index (κ2) is 9.32. The zero-order valence-electron chi connectivity index (χ0n) is 21.7. The fraction of sp³-hybridized carbons (Fsp3) is 0.269. The summed E-state index contributed by atoms with van der Waals surface area (Å²) in [6.07, 6.45) is 1.10. The molecule has 0 radical (unpaired) electrons. The number of carbonyl (C=O) groups is 1. The van der Waals surface area contributed by atoms with E-state index in [-0.39, 0.29) is 40.5 Å². The number of alkyl halides is 5. The van der Waals surface area contributed by atoms with Crippen molar-refractivity contribution in [2.45, 2.75) is 43.8 Å². The summed E-state index contributed by atoms with van der Waals surface area (Å²) < 4.78 is 85.7. The fourth-order valence-corrected chi connectivity index (χ4v) is 5.22. The van der Waals surface area contributed by atoms with Gasteiger partial charge in [0.2, 0.25) is 11.9 Å². The van der Waals surface area contributed by atoms with Gasteiger partial charge in [-0.15, -0.1) is 5.10 Å². The van der Waals surface area contributed by atoms with Gasteiger partial charge in [0.1, 0.15) is 5.69 Å². The van der Waals surface area contributed by atoms with Crippen LogP contribution in [0.4, 0.5) is 32.0 Å². The summed E-state index contributed by atoms with van der Waals surface area (Å²) in [7, 11) is 0. The quantitative estimate of drug-likeness (QED) is 0.290. The Kier molecular flexibility index (Phi) is 6.06. The molecular formula is C26H19F6N9O. The molecule has 2 atom stereocenters. The topological polar surface area (TPSA) is 116 Å². The van der Waals surface area contributed by atoms with Crippen molar-refractivity contribution < 1.29 is 31.1 Å². The average Bonchev–Trinajstić information content (AvgIpc) is 3.64. The molecule has 1 amide bonds. The molecule has 216 valence electrons. The smallest absolute Gasteiger partial charge is 0.324 e. The molecule has 0 aromatic carbocycles. The lowest BCUT2D eigenvalue weighted by molar-refractivity contribution is -0.137. The number of aromatic nitrogens is 8. The number of nitrogens with one attached hydrogen (secondary N) is 1. The van der Waals surface area contributed by atoms with Crippen molar-refractivity contribution in [2.24, 2.45) is 0 Å². The monoisotopic (exact) mass is 587 g/mol. The van der Waals surface area contributed by atoms with Crippen molar-refractivity contribution in [3.05, 3.63) is 83.7 Å². The number of rotatable bonds is 5. The van der Waals surface area contributed by atoms with E-state index in [1.807, 2.05) is 0 Å². The summed E-state index contributed by atoms with van der Waals surface area (Å²) in [4.78, 5) is 29.3. The van der Waals surface area contributed by atoms with Crippen LogP contribution in [0.5, 0.6) is 0 Å². The van der Waals surface area contributed by atoms with E-state index in [1.54, 1.807) is 6.92 Å². The maximum absolute atomic E-state index is 14.2. The van der Waals surface area contributed by atoms with E-state index < -0.39 is 46.7 Å². The van der Waals surface area contributed by atoms with Crippen LogP contribution in [0.1, 0.15) is 48.7 Å². The van der Waals surface area contributed by atoms with Gasteiger partial charge < -0.3 is 5.32 Å². The largest absolute Gasteiger partial charge is 0.418 e. The number of fused-ring (bicyclic) bond motifs is 3. The van der Waals surface area contributed by atoms with Gasteiger partial charge in [-0.1, -0.05) is 0 Å². The minimum absolute atomic E-state index is 0.0573. The zero-order chi connectivity index (χ0) is 30.0. The van der Waals surface area contributed by atoms with Crippen LogP contribution in [0.25, 0.3) is 17.2 Å². The van der Waals surface area contributed by atoms with E-state index in [2.05, 4.69) is 35.5 Å². The summed E-state index contributed by atoms with van der Waals surface area (Å²) in [6, 6.07) is 1.27. The summed E-state index contributed by atoms with van der Waals surface area (Å²) in [6.45, 7) is 2.30. The van der Waals surface area contributed by atoms with Crippen LogP contribution in [0.15, 0.2) is 55.2 Å².